The fraction of sp³-hybridized carbons (Fsp3) is 0.900. The molecular formula is C10H19NO5S. The molecular weight excluding hydrogens is 246 g/mol. The quantitative estimate of drug-likeness (QED) is 0.700. The van der Waals surface area contributed by atoms with Crippen molar-refractivity contribution in [1.29, 1.82) is 0 Å². The molecule has 0 aromatic rings. The van der Waals surface area contributed by atoms with Gasteiger partial charge in [0.15, 0.2) is 9.84 Å². The largest absolute Gasteiger partial charge is 0.481 e. The number of hydrogen-bond donors (Lipinski definition) is 2. The number of nitrogens with zero attached hydrogens (tertiary/aromatic N) is 1. The van der Waals surface area contributed by atoms with Crippen molar-refractivity contribution >= 4 is 15.8 Å². The summed E-state index contributed by atoms with van der Waals surface area (Å²) in [5.74, 6) is -1.13. The van der Waals surface area contributed by atoms with Crippen molar-refractivity contribution in [2.45, 2.75) is 38.5 Å². The van der Waals surface area contributed by atoms with Crippen molar-refractivity contribution in [2.24, 2.45) is 0 Å². The Morgan fingerprint density at radius 2 is 2.06 bits per heavy atom. The first-order chi connectivity index (χ1) is 7.73. The normalized spacial score (nSPS) is 28.5. The van der Waals surface area contributed by atoms with Crippen LogP contribution in [0.3, 0.4) is 0 Å². The van der Waals surface area contributed by atoms with Crippen LogP contribution >= 0.6 is 0 Å². The predicted molar refractivity (Wildman–Crippen MR) is 62.5 cm³/mol. The molecule has 0 aliphatic carbocycles. The Hall–Kier alpha value is -0.660. The molecule has 1 aliphatic rings. The van der Waals surface area contributed by atoms with E-state index in [1.54, 1.807) is 18.7 Å². The molecule has 0 spiro atoms. The van der Waals surface area contributed by atoms with E-state index in [-0.39, 0.29) is 30.5 Å². The van der Waals surface area contributed by atoms with Gasteiger partial charge in [-0.2, -0.15) is 0 Å². The number of rotatable bonds is 4. The number of carbonyl (C=O) groups is 1. The lowest BCUT2D eigenvalue weighted by molar-refractivity contribution is -0.138. The topological polar surface area (TPSA) is 94.9 Å². The van der Waals surface area contributed by atoms with Crippen LogP contribution in [0.4, 0.5) is 0 Å². The second kappa shape index (κ2) is 5.32. The van der Waals surface area contributed by atoms with Gasteiger partial charge in [0.25, 0.3) is 0 Å². The zero-order chi connectivity index (χ0) is 13.2. The smallest absolute Gasteiger partial charge is 0.304 e. The third-order valence-corrected chi connectivity index (χ3v) is 4.90. The summed E-state index contributed by atoms with van der Waals surface area (Å²) in [7, 11) is -3.16. The Morgan fingerprint density at radius 3 is 2.53 bits per heavy atom. The Kier molecular flexibility index (Phi) is 4.51. The summed E-state index contributed by atoms with van der Waals surface area (Å²) in [6.07, 6.45) is -0.830. The predicted octanol–water partition coefficient (Wildman–Crippen LogP) is -0.671. The minimum atomic E-state index is -3.16. The molecule has 7 heteroatoms. The summed E-state index contributed by atoms with van der Waals surface area (Å²) in [5.41, 5.74) is 0. The van der Waals surface area contributed by atoms with Crippen LogP contribution in [0.5, 0.6) is 0 Å². The first-order valence-electron chi connectivity index (χ1n) is 5.59. The average molecular weight is 265 g/mol. The van der Waals surface area contributed by atoms with E-state index >= 15 is 0 Å². The maximum atomic E-state index is 11.5. The number of hydrogen-bond acceptors (Lipinski definition) is 5. The molecule has 1 fully saturated rings. The first kappa shape index (κ1) is 14.4. The molecule has 1 saturated heterocycles. The van der Waals surface area contributed by atoms with Gasteiger partial charge < -0.3 is 10.2 Å². The Labute approximate surface area is 101 Å². The van der Waals surface area contributed by atoms with Crippen LogP contribution in [0.25, 0.3) is 0 Å². The number of carboxylic acid groups (broad SMARTS) is 1. The molecule has 1 heterocycles. The summed E-state index contributed by atoms with van der Waals surface area (Å²) < 4.78 is 23.0. The van der Waals surface area contributed by atoms with Gasteiger partial charge >= 0.3 is 5.97 Å². The van der Waals surface area contributed by atoms with Gasteiger partial charge in [-0.1, -0.05) is 0 Å². The number of aliphatic carboxylic acids is 1. The van der Waals surface area contributed by atoms with E-state index < -0.39 is 28.0 Å². The Morgan fingerprint density at radius 1 is 1.47 bits per heavy atom. The van der Waals surface area contributed by atoms with Gasteiger partial charge in [-0.05, 0) is 13.8 Å². The summed E-state index contributed by atoms with van der Waals surface area (Å²) in [4.78, 5) is 12.5. The van der Waals surface area contributed by atoms with E-state index in [0.717, 1.165) is 0 Å². The van der Waals surface area contributed by atoms with Crippen LogP contribution < -0.4 is 0 Å². The number of carboxylic acids is 1. The molecule has 0 saturated carbocycles. The second-order valence-corrected chi connectivity index (χ2v) is 6.81. The number of aliphatic hydroxyl groups is 1. The number of aliphatic hydroxyl groups excluding tert-OH is 1. The van der Waals surface area contributed by atoms with Crippen LogP contribution in [0.15, 0.2) is 0 Å². The van der Waals surface area contributed by atoms with Crippen molar-refractivity contribution in [3.63, 3.8) is 0 Å². The average Bonchev–Trinajstić information content (AvgIpc) is 2.14. The van der Waals surface area contributed by atoms with Gasteiger partial charge in [0.2, 0.25) is 0 Å². The lowest BCUT2D eigenvalue weighted by atomic mass is 10.1. The third kappa shape index (κ3) is 3.93. The zero-order valence-corrected chi connectivity index (χ0v) is 10.9. The summed E-state index contributed by atoms with van der Waals surface area (Å²) in [5, 5.41) is 18.3. The molecule has 0 radical (unpaired) electrons. The SMILES string of the molecule is CC(O)C(C)N1CCS(=O)(=O)CC1CC(=O)O. The molecule has 0 aromatic carbocycles. The lowest BCUT2D eigenvalue weighted by Crippen LogP contribution is -2.55. The van der Waals surface area contributed by atoms with Crippen LogP contribution in [0, 0.1) is 0 Å². The van der Waals surface area contributed by atoms with Crippen LogP contribution in [0.1, 0.15) is 20.3 Å². The van der Waals surface area contributed by atoms with Crippen LogP contribution in [-0.2, 0) is 14.6 Å². The molecule has 1 rings (SSSR count). The van der Waals surface area contributed by atoms with Crippen molar-refractivity contribution in [1.82, 2.24) is 4.90 Å². The van der Waals surface area contributed by atoms with Gasteiger partial charge in [0, 0.05) is 18.6 Å². The van der Waals surface area contributed by atoms with Crippen molar-refractivity contribution < 1.29 is 23.4 Å². The maximum Gasteiger partial charge on any atom is 0.304 e. The van der Waals surface area contributed by atoms with E-state index in [9.17, 15) is 18.3 Å². The Bertz CT molecular complexity index is 378. The van der Waals surface area contributed by atoms with E-state index in [1.807, 2.05) is 0 Å². The van der Waals surface area contributed by atoms with E-state index in [2.05, 4.69) is 0 Å². The van der Waals surface area contributed by atoms with Gasteiger partial charge in [0.05, 0.1) is 24.0 Å². The molecule has 1 aliphatic heterocycles. The molecule has 6 nitrogen and oxygen atoms in total. The summed E-state index contributed by atoms with van der Waals surface area (Å²) in [6.45, 7) is 3.68. The molecule has 0 aromatic heterocycles. The fourth-order valence-corrected chi connectivity index (χ4v) is 3.64. The molecule has 3 atom stereocenters. The maximum absolute atomic E-state index is 11.5. The zero-order valence-electron chi connectivity index (χ0n) is 10.0. The third-order valence-electron chi connectivity index (χ3n) is 3.21. The van der Waals surface area contributed by atoms with Crippen molar-refractivity contribution in [3.05, 3.63) is 0 Å². The highest BCUT2D eigenvalue weighted by Gasteiger charge is 2.36. The lowest BCUT2D eigenvalue weighted by Gasteiger charge is -2.40. The monoisotopic (exact) mass is 265 g/mol. The van der Waals surface area contributed by atoms with E-state index in [0.29, 0.717) is 0 Å². The minimum Gasteiger partial charge on any atom is -0.481 e. The summed E-state index contributed by atoms with van der Waals surface area (Å²) in [6, 6.07) is -0.786. The van der Waals surface area contributed by atoms with E-state index in [4.69, 9.17) is 5.11 Å². The standard InChI is InChI=1S/C10H19NO5S/c1-7(8(2)12)11-3-4-17(15,16)6-9(11)5-10(13)14/h7-9,12H,3-6H2,1-2H3,(H,13,14). The Balaban J connectivity index is 2.84. The van der Waals surface area contributed by atoms with Gasteiger partial charge in [-0.15, -0.1) is 0 Å². The van der Waals surface area contributed by atoms with E-state index in [1.165, 1.54) is 0 Å². The molecule has 2 N–H and O–H groups in total. The summed E-state index contributed by atoms with van der Waals surface area (Å²) >= 11 is 0. The van der Waals surface area contributed by atoms with Gasteiger partial charge in [0.1, 0.15) is 0 Å². The molecule has 0 amide bonds. The molecule has 100 valence electrons. The van der Waals surface area contributed by atoms with Crippen LogP contribution in [0.2, 0.25) is 0 Å². The first-order valence-corrected chi connectivity index (χ1v) is 7.41. The molecule has 3 unspecified atom stereocenters. The highest BCUT2D eigenvalue weighted by atomic mass is 32.2. The fourth-order valence-electron chi connectivity index (χ4n) is 2.09. The van der Waals surface area contributed by atoms with Crippen molar-refractivity contribution in [3.8, 4) is 0 Å². The second-order valence-electron chi connectivity index (χ2n) is 4.59. The molecule has 17 heavy (non-hydrogen) atoms. The van der Waals surface area contributed by atoms with Crippen molar-refractivity contribution in [2.75, 3.05) is 18.1 Å². The van der Waals surface area contributed by atoms with Gasteiger partial charge in [-0.25, -0.2) is 8.42 Å². The highest BCUT2D eigenvalue weighted by molar-refractivity contribution is 7.91. The molecule has 0 bridgehead atoms. The minimum absolute atomic E-state index is 0.0280. The van der Waals surface area contributed by atoms with Gasteiger partial charge in [-0.3, -0.25) is 9.69 Å². The van der Waals surface area contributed by atoms with Crippen LogP contribution in [-0.4, -0.2) is 65.7 Å². The highest BCUT2D eigenvalue weighted by Crippen LogP contribution is 2.19. The number of sulfone groups is 1.